The average molecular weight is 294 g/mol. The van der Waals surface area contributed by atoms with Crippen molar-refractivity contribution >= 4 is 23.2 Å². The van der Waals surface area contributed by atoms with E-state index in [1.165, 1.54) is 9.75 Å². The maximum Gasteiger partial charge on any atom is 0.248 e. The number of thiophene rings is 1. The van der Waals surface area contributed by atoms with Crippen molar-refractivity contribution in [2.75, 3.05) is 6.54 Å². The van der Waals surface area contributed by atoms with Crippen LogP contribution < -0.4 is 5.32 Å². The lowest BCUT2D eigenvalue weighted by molar-refractivity contribution is -0.140. The molecule has 0 saturated carbocycles. The van der Waals surface area contributed by atoms with Crippen LogP contribution in [-0.2, 0) is 9.59 Å². The minimum absolute atomic E-state index is 0.0137. The average Bonchev–Trinajstić information content (AvgIpc) is 2.80. The molecule has 1 aromatic rings. The fraction of sp³-hybridized carbons (Fsp3) is 0.600. The van der Waals surface area contributed by atoms with Crippen molar-refractivity contribution in [1.82, 2.24) is 10.2 Å². The summed E-state index contributed by atoms with van der Waals surface area (Å²) in [6, 6.07) is 4.16. The minimum Gasteiger partial charge on any atom is -0.342 e. The molecule has 0 radical (unpaired) electrons. The Labute approximate surface area is 124 Å². The van der Waals surface area contributed by atoms with Gasteiger partial charge in [0.1, 0.15) is 5.54 Å². The van der Waals surface area contributed by atoms with Gasteiger partial charge in [0.15, 0.2) is 0 Å². The predicted molar refractivity (Wildman–Crippen MR) is 80.6 cm³/mol. The van der Waals surface area contributed by atoms with Crippen LogP contribution in [0.15, 0.2) is 12.1 Å². The van der Waals surface area contributed by atoms with Crippen molar-refractivity contribution in [3.63, 3.8) is 0 Å². The van der Waals surface area contributed by atoms with E-state index in [1.54, 1.807) is 11.3 Å². The Morgan fingerprint density at radius 1 is 1.45 bits per heavy atom. The summed E-state index contributed by atoms with van der Waals surface area (Å²) in [5, 5.41) is 2.87. The Morgan fingerprint density at radius 3 is 2.70 bits per heavy atom. The van der Waals surface area contributed by atoms with Crippen LogP contribution in [0.25, 0.3) is 0 Å². The van der Waals surface area contributed by atoms with Crippen LogP contribution in [0.5, 0.6) is 0 Å². The molecule has 0 bridgehead atoms. The number of rotatable bonds is 3. The van der Waals surface area contributed by atoms with Gasteiger partial charge in [-0.25, -0.2) is 0 Å². The first kappa shape index (κ1) is 15.0. The number of hydrogen-bond donors (Lipinski definition) is 1. The molecule has 2 amide bonds. The normalized spacial score (nSPS) is 25.3. The standard InChI is InChI=1S/C15H22N2O2S/c1-5-15(4)14(19)17(9-8-13(18)16-15)11(3)12-7-6-10(2)20-12/h6-7,11H,5,8-9H2,1-4H3,(H,16,18). The summed E-state index contributed by atoms with van der Waals surface area (Å²) in [6.45, 7) is 8.33. The van der Waals surface area contributed by atoms with E-state index >= 15 is 0 Å². The zero-order valence-corrected chi connectivity index (χ0v) is 13.3. The molecule has 1 N–H and O–H groups in total. The van der Waals surface area contributed by atoms with E-state index in [4.69, 9.17) is 0 Å². The van der Waals surface area contributed by atoms with Gasteiger partial charge >= 0.3 is 0 Å². The first-order chi connectivity index (χ1) is 9.37. The minimum atomic E-state index is -0.784. The number of amides is 2. The van der Waals surface area contributed by atoms with Crippen LogP contribution in [0.3, 0.4) is 0 Å². The van der Waals surface area contributed by atoms with Gasteiger partial charge in [-0.15, -0.1) is 11.3 Å². The van der Waals surface area contributed by atoms with Gasteiger partial charge in [0.05, 0.1) is 6.04 Å². The lowest BCUT2D eigenvalue weighted by Crippen LogP contribution is -2.54. The van der Waals surface area contributed by atoms with Gasteiger partial charge < -0.3 is 10.2 Å². The molecule has 1 aliphatic heterocycles. The number of carbonyl (C=O) groups excluding carboxylic acids is 2. The van der Waals surface area contributed by atoms with E-state index in [-0.39, 0.29) is 17.9 Å². The highest BCUT2D eigenvalue weighted by molar-refractivity contribution is 7.12. The molecule has 20 heavy (non-hydrogen) atoms. The van der Waals surface area contributed by atoms with Crippen LogP contribution in [0.2, 0.25) is 0 Å². The smallest absolute Gasteiger partial charge is 0.248 e. The molecule has 2 rings (SSSR count). The largest absolute Gasteiger partial charge is 0.342 e. The van der Waals surface area contributed by atoms with Gasteiger partial charge in [0.25, 0.3) is 0 Å². The van der Waals surface area contributed by atoms with Crippen LogP contribution in [0, 0.1) is 6.92 Å². The number of nitrogens with one attached hydrogen (secondary N) is 1. The number of nitrogens with zero attached hydrogens (tertiary/aromatic N) is 1. The summed E-state index contributed by atoms with van der Waals surface area (Å²) in [7, 11) is 0. The van der Waals surface area contributed by atoms with E-state index in [0.29, 0.717) is 19.4 Å². The zero-order chi connectivity index (χ0) is 14.9. The zero-order valence-electron chi connectivity index (χ0n) is 12.5. The molecule has 2 heterocycles. The van der Waals surface area contributed by atoms with E-state index in [2.05, 4.69) is 24.4 Å². The third-order valence-electron chi connectivity index (χ3n) is 4.08. The second-order valence-corrected chi connectivity index (χ2v) is 6.93. The summed E-state index contributed by atoms with van der Waals surface area (Å²) < 4.78 is 0. The molecule has 1 saturated heterocycles. The Morgan fingerprint density at radius 2 is 2.15 bits per heavy atom. The van der Waals surface area contributed by atoms with Crippen molar-refractivity contribution in [1.29, 1.82) is 0 Å². The number of hydrogen-bond acceptors (Lipinski definition) is 3. The quantitative estimate of drug-likeness (QED) is 0.931. The van der Waals surface area contributed by atoms with Gasteiger partial charge in [-0.05, 0) is 39.3 Å². The van der Waals surface area contributed by atoms with Crippen LogP contribution in [-0.4, -0.2) is 28.8 Å². The molecule has 5 heteroatoms. The van der Waals surface area contributed by atoms with E-state index in [1.807, 2.05) is 25.7 Å². The molecular weight excluding hydrogens is 272 g/mol. The van der Waals surface area contributed by atoms with E-state index in [9.17, 15) is 9.59 Å². The van der Waals surface area contributed by atoms with Gasteiger partial charge in [0, 0.05) is 22.7 Å². The van der Waals surface area contributed by atoms with Crippen LogP contribution in [0.4, 0.5) is 0 Å². The highest BCUT2D eigenvalue weighted by Crippen LogP contribution is 2.30. The molecule has 1 fully saturated rings. The van der Waals surface area contributed by atoms with Crippen LogP contribution >= 0.6 is 11.3 Å². The lowest BCUT2D eigenvalue weighted by Gasteiger charge is -2.34. The Kier molecular flexibility index (Phi) is 4.18. The van der Waals surface area contributed by atoms with Crippen molar-refractivity contribution in [3.8, 4) is 0 Å². The Balaban J connectivity index is 2.29. The highest BCUT2D eigenvalue weighted by atomic mass is 32.1. The molecule has 0 aliphatic carbocycles. The van der Waals surface area contributed by atoms with Crippen LogP contribution in [0.1, 0.15) is 49.4 Å². The molecule has 0 spiro atoms. The van der Waals surface area contributed by atoms with Gasteiger partial charge in [-0.1, -0.05) is 6.92 Å². The van der Waals surface area contributed by atoms with Crippen molar-refractivity contribution < 1.29 is 9.59 Å². The second-order valence-electron chi connectivity index (χ2n) is 5.61. The SMILES string of the molecule is CCC1(C)NC(=O)CCN(C(C)c2ccc(C)s2)C1=O. The monoisotopic (exact) mass is 294 g/mol. The highest BCUT2D eigenvalue weighted by Gasteiger charge is 2.41. The maximum absolute atomic E-state index is 12.8. The molecule has 2 unspecified atom stereocenters. The van der Waals surface area contributed by atoms with E-state index in [0.717, 1.165) is 0 Å². The first-order valence-electron chi connectivity index (χ1n) is 7.06. The van der Waals surface area contributed by atoms with Crippen molar-refractivity contribution in [2.45, 2.75) is 52.1 Å². The van der Waals surface area contributed by atoms with Gasteiger partial charge in [-0.2, -0.15) is 0 Å². The Hall–Kier alpha value is -1.36. The Bertz CT molecular complexity index is 526. The predicted octanol–water partition coefficient (Wildman–Crippen LogP) is 2.63. The number of carbonyl (C=O) groups is 2. The molecule has 1 aromatic heterocycles. The first-order valence-corrected chi connectivity index (χ1v) is 7.87. The molecule has 4 nitrogen and oxygen atoms in total. The summed E-state index contributed by atoms with van der Waals surface area (Å²) in [6.07, 6.45) is 0.973. The second kappa shape index (κ2) is 5.56. The summed E-state index contributed by atoms with van der Waals surface area (Å²) >= 11 is 1.71. The van der Waals surface area contributed by atoms with Gasteiger partial charge in [0.2, 0.25) is 11.8 Å². The van der Waals surface area contributed by atoms with E-state index < -0.39 is 5.54 Å². The lowest BCUT2D eigenvalue weighted by atomic mass is 9.96. The van der Waals surface area contributed by atoms with Crippen molar-refractivity contribution in [3.05, 3.63) is 21.9 Å². The molecule has 0 aromatic carbocycles. The fourth-order valence-corrected chi connectivity index (χ4v) is 3.45. The third-order valence-corrected chi connectivity index (χ3v) is 5.25. The summed E-state index contributed by atoms with van der Waals surface area (Å²) in [5.74, 6) is -0.0239. The molecule has 1 aliphatic rings. The summed E-state index contributed by atoms with van der Waals surface area (Å²) in [4.78, 5) is 28.9. The maximum atomic E-state index is 12.8. The fourth-order valence-electron chi connectivity index (χ4n) is 2.50. The van der Waals surface area contributed by atoms with Crippen molar-refractivity contribution in [2.24, 2.45) is 0 Å². The topological polar surface area (TPSA) is 49.4 Å². The number of aryl methyl sites for hydroxylation is 1. The molecule has 2 atom stereocenters. The molecular formula is C15H22N2O2S. The molecule has 110 valence electrons. The third kappa shape index (κ3) is 2.73. The van der Waals surface area contributed by atoms with Gasteiger partial charge in [-0.3, -0.25) is 9.59 Å². The summed E-state index contributed by atoms with van der Waals surface area (Å²) in [5.41, 5.74) is -0.784.